The van der Waals surface area contributed by atoms with Gasteiger partial charge < -0.3 is 127 Å². The average Bonchev–Trinajstić information content (AvgIpc) is 1.63. The number of carboxylic acids is 2. The number of aromatic nitrogens is 1. The number of aliphatic carboxylic acids is 2. The lowest BCUT2D eigenvalue weighted by Crippen LogP contribution is -2.64. The number of amides is 15. The highest BCUT2D eigenvalue weighted by Gasteiger charge is 2.50. The number of ether oxygens (including phenoxy) is 6. The average molecular weight is 2080 g/mol. The van der Waals surface area contributed by atoms with Gasteiger partial charge in [0.05, 0.1) is 59.0 Å². The summed E-state index contributed by atoms with van der Waals surface area (Å²) >= 11 is 0. The number of methoxy groups -OCH3 is 1. The van der Waals surface area contributed by atoms with Crippen LogP contribution < -0.4 is 68.5 Å². The highest BCUT2D eigenvalue weighted by molar-refractivity contribution is 6.01. The molecule has 0 radical (unpaired) electrons. The van der Waals surface area contributed by atoms with E-state index in [4.69, 9.17) is 33.5 Å². The standard InChI is InChI=1S/C106H149FN16O26/c1-69-97(134)118-84(63-112-91(129)67-148-56-54-146-52-46-109-90(128)66-147-55-53-145-51-45-108-87(125)38-36-80(104(141)142)114-88(126)25-17-13-11-9-7-5-6-8-10-12-14-18-26-94(132)133)99(136)115-81-59-74-23-21-24-75(57-74)62-111-92(130)68-149-86-42-50-122-96(86)101(138)119-95(70(2)124)100(137)117-82(58-72-31-34-78(144-4)35-32-72)103(140)123-49-22-43-106(123,3)105(143)110-44-41-71-27-29-73(30-28-71)64-121(93(131)40-39-89(127)113-69)48-20-16-15-19-47-120-65-76(60-83(102(122)139)116-98(81)135)79-61-77(107)33-37-85(79)120/h21,23-24,27-35,37,57,61,65,69-70,80-84,86,95-96,124H,5-20,22,25-26,36,38-56,58-60,62-64,66-68H2,1-4H3,(H,108,125)(H,109,128)(H,110,143)(H,111,130)(H,112,129)(H,113,127)(H,114,126)(H,115,136)(H,116,135)(H,117,137)(H,118,134)(H,119,138)(H,132,133)(H,141,142)/t69-,70+,80-,81-,82-,83-,84+,86?,95-,96-,106-/m0/s1. The number of hydrogen-bond donors (Lipinski definition) is 15. The SMILES string of the molecule is COc1ccc(C[C@@H]2NC(=O)[C@H]([C@@H](C)O)NC(=O)[C@@H]3C4CCN3C(=O)[C@@H]3Cc5cn(c6ccc(F)cc56)CCCCCCN(Cc5ccc(cc5)CCNC(=O)[C@]5(C)CCCN5C2=O)C(=O)CCC(=O)N[C@@H](C)C(=O)N[C@H](CNC(=O)COCCOCCNC(=O)COCCOCCNC(=O)CC[C@H](NC(=O)CCCCCCCCCCCCCCC(=O)O)C(=O)O)C(=O)N[C@@H](Cc2cccc(c2)CNC(=O)CO4)C(=O)N3)cc1. The predicted octanol–water partition coefficient (Wildman–Crippen LogP) is 3.49. The lowest BCUT2D eigenvalue weighted by molar-refractivity contribution is -0.148. The van der Waals surface area contributed by atoms with Crippen molar-refractivity contribution in [1.29, 1.82) is 0 Å². The fourth-order valence-electron chi connectivity index (χ4n) is 18.8. The van der Waals surface area contributed by atoms with Gasteiger partial charge in [-0.05, 0) is 142 Å². The molecule has 6 aliphatic heterocycles. The van der Waals surface area contributed by atoms with Crippen LogP contribution in [0.5, 0.6) is 5.75 Å². The number of carboxylic acid groups (broad SMARTS) is 2. The first-order chi connectivity index (χ1) is 71.7. The molecular formula is C106H149FN16O26. The fourth-order valence-corrected chi connectivity index (χ4v) is 18.8. The normalized spacial score (nSPS) is 21.6. The van der Waals surface area contributed by atoms with E-state index in [0.717, 1.165) is 80.2 Å². The van der Waals surface area contributed by atoms with Gasteiger partial charge in [0, 0.05) is 134 Å². The van der Waals surface area contributed by atoms with Crippen LogP contribution in [-0.2, 0) is 151 Å². The Morgan fingerprint density at radius 2 is 1.19 bits per heavy atom. The summed E-state index contributed by atoms with van der Waals surface area (Å²) in [6.45, 7) is 2.52. The number of rotatable bonds is 42. The highest BCUT2D eigenvalue weighted by Crippen LogP contribution is 2.33. The zero-order valence-corrected chi connectivity index (χ0v) is 85.9. The maximum atomic E-state index is 16.4. The van der Waals surface area contributed by atoms with Gasteiger partial charge in [-0.1, -0.05) is 138 Å². The van der Waals surface area contributed by atoms with Crippen molar-refractivity contribution in [3.8, 4) is 5.75 Å². The Kier molecular flexibility index (Phi) is 48.8. The second-order valence-electron chi connectivity index (χ2n) is 38.8. The molecule has 2 saturated heterocycles. The summed E-state index contributed by atoms with van der Waals surface area (Å²) in [5.41, 5.74) is 2.41. The summed E-state index contributed by atoms with van der Waals surface area (Å²) in [7, 11) is 1.48. The number of fused-ring (bicyclic) bond motifs is 16. The molecule has 11 rings (SSSR count). The third kappa shape index (κ3) is 39.1. The zero-order chi connectivity index (χ0) is 107. The number of hydrogen-bond acceptors (Lipinski definition) is 24. The lowest BCUT2D eigenvalue weighted by Gasteiger charge is -2.37. The number of nitrogens with one attached hydrogen (secondary N) is 12. The van der Waals surface area contributed by atoms with Crippen molar-refractivity contribution in [2.75, 3.05) is 112 Å². The highest BCUT2D eigenvalue weighted by atomic mass is 19.1. The number of aliphatic hydroxyl groups excluding tert-OH is 1. The number of carbonyl (C=O) groups excluding carboxylic acids is 15. The zero-order valence-electron chi connectivity index (χ0n) is 85.9. The first-order valence-corrected chi connectivity index (χ1v) is 52.2. The monoisotopic (exact) mass is 2080 g/mol. The van der Waals surface area contributed by atoms with Gasteiger partial charge in [-0.3, -0.25) is 76.7 Å². The van der Waals surface area contributed by atoms with Crippen molar-refractivity contribution in [3.63, 3.8) is 0 Å². The maximum absolute atomic E-state index is 16.4. The summed E-state index contributed by atoms with van der Waals surface area (Å²) in [5, 5.41) is 63.0. The minimum atomic E-state index is -1.90. The molecule has 42 nitrogen and oxygen atoms in total. The van der Waals surface area contributed by atoms with Crippen molar-refractivity contribution < 1.29 is 130 Å². The molecule has 12 bridgehead atoms. The second-order valence-corrected chi connectivity index (χ2v) is 38.8. The molecule has 0 spiro atoms. The molecule has 7 heterocycles. The number of carbonyl (C=O) groups is 17. The van der Waals surface area contributed by atoms with Gasteiger partial charge in [0.1, 0.15) is 85.3 Å². The molecule has 15 N–H and O–H groups in total. The van der Waals surface area contributed by atoms with Crippen molar-refractivity contribution in [1.82, 2.24) is 83.1 Å². The third-order valence-corrected chi connectivity index (χ3v) is 27.2. The van der Waals surface area contributed by atoms with Gasteiger partial charge >= 0.3 is 11.9 Å². The summed E-state index contributed by atoms with van der Waals surface area (Å²) in [4.78, 5) is 244. The van der Waals surface area contributed by atoms with Gasteiger partial charge in [0.2, 0.25) is 88.6 Å². The molecule has 43 heteroatoms. The number of benzene rings is 4. The molecule has 2 fully saturated rings. The van der Waals surface area contributed by atoms with E-state index in [1.807, 2.05) is 28.8 Å². The van der Waals surface area contributed by atoms with Crippen molar-refractivity contribution in [2.45, 2.75) is 293 Å². The molecule has 11 atom stereocenters. The summed E-state index contributed by atoms with van der Waals surface area (Å²) in [5.74, 6) is -13.4. The molecule has 1 aromatic heterocycles. The van der Waals surface area contributed by atoms with E-state index in [1.54, 1.807) is 72.6 Å². The van der Waals surface area contributed by atoms with Crippen molar-refractivity contribution in [3.05, 3.63) is 136 Å². The minimum absolute atomic E-state index is 0.00790. The van der Waals surface area contributed by atoms with Crippen LogP contribution in [0.2, 0.25) is 0 Å². The molecule has 15 amide bonds. The molecule has 0 aliphatic carbocycles. The number of aryl methyl sites for hydroxylation is 1. The Bertz CT molecular complexity index is 5320. The van der Waals surface area contributed by atoms with E-state index >= 15 is 33.2 Å². The molecule has 4 aromatic carbocycles. The van der Waals surface area contributed by atoms with Crippen molar-refractivity contribution >= 4 is 111 Å². The largest absolute Gasteiger partial charge is 0.497 e. The predicted molar refractivity (Wildman–Crippen MR) is 542 cm³/mol. The Balaban J connectivity index is 0.810. The van der Waals surface area contributed by atoms with E-state index in [-0.39, 0.29) is 169 Å². The number of nitrogens with zero attached hydrogens (tertiary/aromatic N) is 4. The summed E-state index contributed by atoms with van der Waals surface area (Å²) < 4.78 is 51.7. The van der Waals surface area contributed by atoms with Gasteiger partial charge in [-0.25, -0.2) is 9.18 Å². The van der Waals surface area contributed by atoms with Crippen LogP contribution in [0.3, 0.4) is 0 Å². The Morgan fingerprint density at radius 1 is 0.557 bits per heavy atom. The lowest BCUT2D eigenvalue weighted by atomic mass is 9.95. The van der Waals surface area contributed by atoms with Gasteiger partial charge in [-0.2, -0.15) is 0 Å². The summed E-state index contributed by atoms with van der Waals surface area (Å²) in [6.07, 6.45) is 12.0. The first-order valence-electron chi connectivity index (χ1n) is 52.2. The van der Waals surface area contributed by atoms with Crippen LogP contribution in [0.15, 0.2) is 97.2 Å². The van der Waals surface area contributed by atoms with Gasteiger partial charge in [0.15, 0.2) is 0 Å². The van der Waals surface area contributed by atoms with Crippen LogP contribution in [-0.4, -0.2) is 314 Å². The first kappa shape index (κ1) is 118. The molecule has 816 valence electrons. The Hall–Kier alpha value is -13.1. The smallest absolute Gasteiger partial charge is 0.326 e. The quantitative estimate of drug-likeness (QED) is 0.0249. The Morgan fingerprint density at radius 3 is 1.86 bits per heavy atom. The van der Waals surface area contributed by atoms with E-state index in [9.17, 15) is 63.0 Å². The topological polar surface area (TPSA) is 565 Å². The van der Waals surface area contributed by atoms with E-state index in [0.29, 0.717) is 96.8 Å². The third-order valence-electron chi connectivity index (χ3n) is 27.2. The van der Waals surface area contributed by atoms with Crippen LogP contribution >= 0.6 is 0 Å². The number of unbranched alkanes of at least 4 members (excludes halogenated alkanes) is 11. The van der Waals surface area contributed by atoms with Crippen LogP contribution in [0.1, 0.15) is 215 Å². The van der Waals surface area contributed by atoms with Crippen molar-refractivity contribution in [2.24, 2.45) is 0 Å². The van der Waals surface area contributed by atoms with Gasteiger partial charge in [0.25, 0.3) is 0 Å². The summed E-state index contributed by atoms with van der Waals surface area (Å²) in [6, 6.07) is 11.8. The minimum Gasteiger partial charge on any atom is -0.497 e. The van der Waals surface area contributed by atoms with Crippen LogP contribution in [0, 0.1) is 5.82 Å². The maximum Gasteiger partial charge on any atom is 0.326 e. The van der Waals surface area contributed by atoms with Crippen LogP contribution in [0.25, 0.3) is 10.9 Å². The molecule has 6 aliphatic rings. The van der Waals surface area contributed by atoms with Gasteiger partial charge in [-0.15, -0.1) is 0 Å². The van der Waals surface area contributed by atoms with E-state index in [1.165, 1.54) is 38.0 Å². The molecular weight excluding hydrogens is 1930 g/mol. The number of halogens is 1. The van der Waals surface area contributed by atoms with E-state index < -0.39 is 193 Å². The molecule has 149 heavy (non-hydrogen) atoms. The second kappa shape index (κ2) is 61.8. The van der Waals surface area contributed by atoms with E-state index in [2.05, 4.69) is 63.8 Å². The van der Waals surface area contributed by atoms with Crippen LogP contribution in [0.4, 0.5) is 4.39 Å². The fraction of sp³-hybridized carbons (Fsp3) is 0.594. The molecule has 0 saturated carbocycles. The Labute approximate surface area is 867 Å². The number of aliphatic hydroxyl groups is 1. The molecule has 1 unspecified atom stereocenters. The molecule has 5 aromatic rings.